The summed E-state index contributed by atoms with van der Waals surface area (Å²) in [6.07, 6.45) is -0.285. The van der Waals surface area contributed by atoms with Crippen LogP contribution in [0.5, 0.6) is 5.75 Å². The number of halogens is 1. The number of hydrogen-bond donors (Lipinski definition) is 1. The molecule has 7 nitrogen and oxygen atoms in total. The van der Waals surface area contributed by atoms with E-state index in [2.05, 4.69) is 36.4 Å². The predicted octanol–water partition coefficient (Wildman–Crippen LogP) is 6.36. The number of amides is 1. The van der Waals surface area contributed by atoms with Crippen LogP contribution in [0, 0.1) is 6.92 Å². The van der Waals surface area contributed by atoms with E-state index in [1.54, 1.807) is 0 Å². The highest BCUT2D eigenvalue weighted by molar-refractivity contribution is 9.10. The normalized spacial score (nSPS) is 11.9. The summed E-state index contributed by atoms with van der Waals surface area (Å²) in [5.41, 5.74) is 3.07. The smallest absolute Gasteiger partial charge is 0.236 e. The first kappa shape index (κ1) is 24.4. The van der Waals surface area contributed by atoms with Gasteiger partial charge >= 0.3 is 0 Å². The minimum absolute atomic E-state index is 0.138. The van der Waals surface area contributed by atoms with E-state index in [0.717, 1.165) is 27.3 Å². The van der Waals surface area contributed by atoms with Gasteiger partial charge in [-0.3, -0.25) is 4.79 Å². The number of carbonyl (C=O) groups excluding carboxylic acids is 1. The zero-order valence-corrected chi connectivity index (χ0v) is 22.2. The van der Waals surface area contributed by atoms with Gasteiger partial charge in [0.25, 0.3) is 0 Å². The van der Waals surface area contributed by atoms with Crippen molar-refractivity contribution in [1.29, 1.82) is 0 Å². The summed E-state index contributed by atoms with van der Waals surface area (Å²) < 4.78 is 8.99. The fourth-order valence-electron chi connectivity index (χ4n) is 3.25. The van der Waals surface area contributed by atoms with Gasteiger partial charge in [0, 0.05) is 22.0 Å². The van der Waals surface area contributed by atoms with Crippen LogP contribution in [0.2, 0.25) is 0 Å². The molecule has 0 aliphatic heterocycles. The highest BCUT2D eigenvalue weighted by atomic mass is 79.9. The molecule has 1 amide bonds. The standard InChI is InChI=1S/C24H24BrN5O2S2/c1-4-30-22(16(3)32-19-11-9-18(25)10-12-19)28-29-24(30)34-14-21(31)27-23-26-20(13-33-23)17-7-5-15(2)6-8-17/h5-13,16H,4,14H2,1-3H3,(H,26,27,31). The molecule has 0 radical (unpaired) electrons. The van der Waals surface area contributed by atoms with E-state index in [9.17, 15) is 4.79 Å². The Morgan fingerprint density at radius 1 is 1.18 bits per heavy atom. The summed E-state index contributed by atoms with van der Waals surface area (Å²) in [5, 5.41) is 14.7. The highest BCUT2D eigenvalue weighted by Crippen LogP contribution is 2.27. The molecule has 2 heterocycles. The average Bonchev–Trinajstić information content (AvgIpc) is 3.46. The Labute approximate surface area is 215 Å². The molecule has 0 saturated heterocycles. The number of hydrogen-bond acceptors (Lipinski definition) is 7. The van der Waals surface area contributed by atoms with E-state index >= 15 is 0 Å². The first-order chi connectivity index (χ1) is 16.4. The van der Waals surface area contributed by atoms with Crippen molar-refractivity contribution in [3.8, 4) is 17.0 Å². The highest BCUT2D eigenvalue weighted by Gasteiger charge is 2.20. The van der Waals surface area contributed by atoms with E-state index in [-0.39, 0.29) is 17.8 Å². The van der Waals surface area contributed by atoms with E-state index in [1.807, 2.05) is 79.2 Å². The van der Waals surface area contributed by atoms with Gasteiger partial charge in [-0.1, -0.05) is 57.5 Å². The molecule has 1 atom stereocenters. The van der Waals surface area contributed by atoms with Crippen LogP contribution < -0.4 is 10.1 Å². The topological polar surface area (TPSA) is 81.9 Å². The van der Waals surface area contributed by atoms with Crippen molar-refractivity contribution in [2.24, 2.45) is 0 Å². The molecule has 10 heteroatoms. The number of thioether (sulfide) groups is 1. The minimum Gasteiger partial charge on any atom is -0.483 e. The molecule has 1 N–H and O–H groups in total. The summed E-state index contributed by atoms with van der Waals surface area (Å²) in [5.74, 6) is 1.54. The molecular formula is C24H24BrN5O2S2. The van der Waals surface area contributed by atoms with Crippen molar-refractivity contribution in [3.05, 3.63) is 69.8 Å². The van der Waals surface area contributed by atoms with Crippen molar-refractivity contribution in [2.45, 2.75) is 38.6 Å². The van der Waals surface area contributed by atoms with Crippen LogP contribution in [0.3, 0.4) is 0 Å². The zero-order valence-electron chi connectivity index (χ0n) is 19.0. The molecule has 4 aromatic rings. The van der Waals surface area contributed by atoms with E-state index in [1.165, 1.54) is 28.7 Å². The Morgan fingerprint density at radius 3 is 2.62 bits per heavy atom. The molecule has 0 saturated carbocycles. The Hall–Kier alpha value is -2.69. The summed E-state index contributed by atoms with van der Waals surface area (Å²) in [7, 11) is 0. The summed E-state index contributed by atoms with van der Waals surface area (Å²) in [4.78, 5) is 17.1. The molecule has 0 aliphatic rings. The van der Waals surface area contributed by atoms with Gasteiger partial charge < -0.3 is 14.6 Å². The molecule has 2 aromatic heterocycles. The number of nitrogens with zero attached hydrogens (tertiary/aromatic N) is 4. The van der Waals surface area contributed by atoms with E-state index in [0.29, 0.717) is 16.8 Å². The number of thiazole rings is 1. The SMILES string of the molecule is CCn1c(SCC(=O)Nc2nc(-c3ccc(C)cc3)cs2)nnc1C(C)Oc1ccc(Br)cc1. The predicted molar refractivity (Wildman–Crippen MR) is 141 cm³/mol. The number of ether oxygens (including phenoxy) is 1. The quantitative estimate of drug-likeness (QED) is 0.241. The third-order valence-electron chi connectivity index (χ3n) is 4.98. The molecule has 1 unspecified atom stereocenters. The Balaban J connectivity index is 1.35. The largest absolute Gasteiger partial charge is 0.483 e. The maximum Gasteiger partial charge on any atom is 0.236 e. The number of carbonyl (C=O) groups is 1. The molecule has 0 bridgehead atoms. The monoisotopic (exact) mass is 557 g/mol. The zero-order chi connectivity index (χ0) is 24.1. The fourth-order valence-corrected chi connectivity index (χ4v) is 5.06. The first-order valence-corrected chi connectivity index (χ1v) is 13.4. The molecule has 0 spiro atoms. The maximum absolute atomic E-state index is 12.5. The van der Waals surface area contributed by atoms with E-state index < -0.39 is 0 Å². The van der Waals surface area contributed by atoms with Crippen LogP contribution in [-0.4, -0.2) is 31.4 Å². The van der Waals surface area contributed by atoms with Crippen molar-refractivity contribution >= 4 is 50.1 Å². The van der Waals surface area contributed by atoms with Crippen molar-refractivity contribution in [1.82, 2.24) is 19.7 Å². The van der Waals surface area contributed by atoms with Crippen LogP contribution >= 0.6 is 39.0 Å². The van der Waals surface area contributed by atoms with Gasteiger partial charge in [0.1, 0.15) is 5.75 Å². The molecule has 0 aliphatic carbocycles. The second-order valence-corrected chi connectivity index (χ2v) is 10.3. The van der Waals surface area contributed by atoms with Gasteiger partial charge in [-0.05, 0) is 45.0 Å². The van der Waals surface area contributed by atoms with Crippen LogP contribution in [-0.2, 0) is 11.3 Å². The lowest BCUT2D eigenvalue weighted by molar-refractivity contribution is -0.113. The minimum atomic E-state index is -0.285. The van der Waals surface area contributed by atoms with Gasteiger partial charge in [0.15, 0.2) is 22.2 Å². The molecular weight excluding hydrogens is 534 g/mol. The maximum atomic E-state index is 12.5. The summed E-state index contributed by atoms with van der Waals surface area (Å²) >= 11 is 6.18. The lowest BCUT2D eigenvalue weighted by Gasteiger charge is -2.15. The lowest BCUT2D eigenvalue weighted by atomic mass is 10.1. The lowest BCUT2D eigenvalue weighted by Crippen LogP contribution is -2.15. The van der Waals surface area contributed by atoms with Gasteiger partial charge in [0.05, 0.1) is 11.4 Å². The van der Waals surface area contributed by atoms with Crippen LogP contribution in [0.15, 0.2) is 63.5 Å². The third-order valence-corrected chi connectivity index (χ3v) is 7.24. The number of anilines is 1. The van der Waals surface area contributed by atoms with Crippen LogP contribution in [0.25, 0.3) is 11.3 Å². The van der Waals surface area contributed by atoms with Gasteiger partial charge in [-0.15, -0.1) is 21.5 Å². The number of aryl methyl sites for hydroxylation is 1. The Morgan fingerprint density at radius 2 is 1.91 bits per heavy atom. The van der Waals surface area contributed by atoms with Crippen molar-refractivity contribution in [3.63, 3.8) is 0 Å². The van der Waals surface area contributed by atoms with Gasteiger partial charge in [0.2, 0.25) is 5.91 Å². The second-order valence-electron chi connectivity index (χ2n) is 7.54. The molecule has 0 fully saturated rings. The first-order valence-electron chi connectivity index (χ1n) is 10.7. The van der Waals surface area contributed by atoms with Crippen LogP contribution in [0.1, 0.15) is 31.3 Å². The fraction of sp³-hybridized carbons (Fsp3) is 0.250. The Kier molecular flexibility index (Phi) is 8.02. The van der Waals surface area contributed by atoms with Crippen LogP contribution in [0.4, 0.5) is 5.13 Å². The number of nitrogens with one attached hydrogen (secondary N) is 1. The van der Waals surface area contributed by atoms with Gasteiger partial charge in [-0.25, -0.2) is 4.98 Å². The third kappa shape index (κ3) is 6.05. The molecule has 4 rings (SSSR count). The van der Waals surface area contributed by atoms with Gasteiger partial charge in [-0.2, -0.15) is 0 Å². The molecule has 34 heavy (non-hydrogen) atoms. The van der Waals surface area contributed by atoms with Crippen molar-refractivity contribution < 1.29 is 9.53 Å². The number of benzene rings is 2. The van der Waals surface area contributed by atoms with Crippen molar-refractivity contribution in [2.75, 3.05) is 11.1 Å². The molecule has 2 aromatic carbocycles. The number of rotatable bonds is 9. The molecule has 176 valence electrons. The summed E-state index contributed by atoms with van der Waals surface area (Å²) in [6.45, 7) is 6.68. The number of aromatic nitrogens is 4. The average molecular weight is 559 g/mol. The van der Waals surface area contributed by atoms with E-state index in [4.69, 9.17) is 4.74 Å². The summed E-state index contributed by atoms with van der Waals surface area (Å²) in [6, 6.07) is 15.8. The second kappa shape index (κ2) is 11.2. The Bertz CT molecular complexity index is 1260.